The van der Waals surface area contributed by atoms with Crippen LogP contribution < -0.4 is 15.0 Å². The van der Waals surface area contributed by atoms with E-state index < -0.39 is 0 Å². The summed E-state index contributed by atoms with van der Waals surface area (Å²) in [6.45, 7) is 3.54. The Hall–Kier alpha value is -2.74. The summed E-state index contributed by atoms with van der Waals surface area (Å²) in [5.74, 6) is 1.06. The van der Waals surface area contributed by atoms with Crippen LogP contribution in [-0.4, -0.2) is 59.8 Å². The topological polar surface area (TPSA) is 89.5 Å². The van der Waals surface area contributed by atoms with Crippen LogP contribution in [0.2, 0.25) is 0 Å². The quantitative estimate of drug-likeness (QED) is 0.799. The summed E-state index contributed by atoms with van der Waals surface area (Å²) in [5.41, 5.74) is 0.296. The number of carbonyl (C=O) groups excluding carboxylic acids is 1. The molecule has 3 heterocycles. The molecule has 138 valence electrons. The number of rotatable bonds is 7. The molecule has 26 heavy (non-hydrogen) atoms. The van der Waals surface area contributed by atoms with Gasteiger partial charge in [0.15, 0.2) is 11.4 Å². The number of aromatic nitrogens is 3. The number of anilines is 1. The van der Waals surface area contributed by atoms with Gasteiger partial charge in [0.2, 0.25) is 0 Å². The summed E-state index contributed by atoms with van der Waals surface area (Å²) < 4.78 is 11.0. The zero-order chi connectivity index (χ0) is 18.4. The highest BCUT2D eigenvalue weighted by Gasteiger charge is 2.33. The second kappa shape index (κ2) is 8.57. The first kappa shape index (κ1) is 18.1. The van der Waals surface area contributed by atoms with Crippen LogP contribution in [0.25, 0.3) is 0 Å². The summed E-state index contributed by atoms with van der Waals surface area (Å²) in [4.78, 5) is 27.1. The molecule has 2 aromatic rings. The summed E-state index contributed by atoms with van der Waals surface area (Å²) in [6, 6.07) is 5.44. The van der Waals surface area contributed by atoms with Crippen molar-refractivity contribution < 1.29 is 14.3 Å². The van der Waals surface area contributed by atoms with Crippen LogP contribution in [0.3, 0.4) is 0 Å². The Balaban J connectivity index is 1.68. The van der Waals surface area contributed by atoms with E-state index in [1.165, 1.54) is 6.33 Å². The predicted molar refractivity (Wildman–Crippen MR) is 96.3 cm³/mol. The Morgan fingerprint density at radius 3 is 2.96 bits per heavy atom. The highest BCUT2D eigenvalue weighted by atomic mass is 16.5. The molecular formula is C18H23N5O3. The lowest BCUT2D eigenvalue weighted by Gasteiger charge is -2.25. The third kappa shape index (κ3) is 4.08. The molecule has 0 radical (unpaired) electrons. The van der Waals surface area contributed by atoms with E-state index in [0.29, 0.717) is 24.6 Å². The lowest BCUT2D eigenvalue weighted by molar-refractivity contribution is 0.0937. The Bertz CT molecular complexity index is 728. The van der Waals surface area contributed by atoms with Crippen LogP contribution in [-0.2, 0) is 4.74 Å². The Morgan fingerprint density at radius 1 is 1.35 bits per heavy atom. The van der Waals surface area contributed by atoms with Gasteiger partial charge in [0.25, 0.3) is 5.91 Å². The van der Waals surface area contributed by atoms with E-state index in [9.17, 15) is 4.79 Å². The minimum absolute atomic E-state index is 0.0815. The van der Waals surface area contributed by atoms with Gasteiger partial charge in [-0.3, -0.25) is 4.79 Å². The first-order valence-corrected chi connectivity index (χ1v) is 8.64. The number of hydrogen-bond donors (Lipinski definition) is 1. The SMILES string of the molecule is CCOc1cccnc1C(=O)NC[C@H]1C[C@@H](OC)CN1c1ccncn1. The van der Waals surface area contributed by atoms with Crippen molar-refractivity contribution in [3.63, 3.8) is 0 Å². The molecule has 0 aromatic carbocycles. The van der Waals surface area contributed by atoms with Crippen molar-refractivity contribution in [2.24, 2.45) is 0 Å². The van der Waals surface area contributed by atoms with Crippen LogP contribution in [0, 0.1) is 0 Å². The highest BCUT2D eigenvalue weighted by Crippen LogP contribution is 2.25. The maximum absolute atomic E-state index is 12.6. The van der Waals surface area contributed by atoms with Crippen molar-refractivity contribution >= 4 is 11.7 Å². The van der Waals surface area contributed by atoms with E-state index in [1.54, 1.807) is 31.6 Å². The first-order chi connectivity index (χ1) is 12.7. The molecule has 0 saturated carbocycles. The molecule has 8 nitrogen and oxygen atoms in total. The molecule has 1 aliphatic rings. The molecule has 3 rings (SSSR count). The lowest BCUT2D eigenvalue weighted by Crippen LogP contribution is -2.40. The molecule has 1 saturated heterocycles. The van der Waals surface area contributed by atoms with Gasteiger partial charge in [0.05, 0.1) is 18.8 Å². The van der Waals surface area contributed by atoms with E-state index in [0.717, 1.165) is 18.8 Å². The third-order valence-electron chi connectivity index (χ3n) is 4.35. The predicted octanol–water partition coefficient (Wildman–Crippen LogP) is 1.29. The van der Waals surface area contributed by atoms with E-state index in [2.05, 4.69) is 25.2 Å². The average Bonchev–Trinajstić information content (AvgIpc) is 3.11. The number of carbonyl (C=O) groups is 1. The Kier molecular flexibility index (Phi) is 5.96. The fraction of sp³-hybridized carbons (Fsp3) is 0.444. The van der Waals surface area contributed by atoms with Gasteiger partial charge >= 0.3 is 0 Å². The van der Waals surface area contributed by atoms with Gasteiger partial charge in [-0.1, -0.05) is 0 Å². The highest BCUT2D eigenvalue weighted by molar-refractivity contribution is 5.94. The number of methoxy groups -OCH3 is 1. The molecule has 8 heteroatoms. The van der Waals surface area contributed by atoms with Gasteiger partial charge in [0, 0.05) is 32.6 Å². The zero-order valence-electron chi connectivity index (χ0n) is 15.0. The number of nitrogens with zero attached hydrogens (tertiary/aromatic N) is 4. The van der Waals surface area contributed by atoms with E-state index in [4.69, 9.17) is 9.47 Å². The smallest absolute Gasteiger partial charge is 0.273 e. The van der Waals surface area contributed by atoms with Gasteiger partial charge in [-0.25, -0.2) is 15.0 Å². The Morgan fingerprint density at radius 2 is 2.23 bits per heavy atom. The summed E-state index contributed by atoms with van der Waals surface area (Å²) in [6.07, 6.45) is 5.72. The van der Waals surface area contributed by atoms with Crippen molar-refractivity contribution in [1.82, 2.24) is 20.3 Å². The van der Waals surface area contributed by atoms with Crippen molar-refractivity contribution in [2.75, 3.05) is 31.7 Å². The van der Waals surface area contributed by atoms with Crippen LogP contribution >= 0.6 is 0 Å². The maximum atomic E-state index is 12.6. The molecule has 2 aromatic heterocycles. The fourth-order valence-corrected chi connectivity index (χ4v) is 3.10. The summed E-state index contributed by atoms with van der Waals surface area (Å²) in [5, 5.41) is 2.96. The molecule has 0 unspecified atom stereocenters. The standard InChI is InChI=1S/C18H23N5O3/c1-3-26-15-5-4-7-20-17(15)18(24)21-10-13-9-14(25-2)11-23(13)16-6-8-19-12-22-16/h4-8,12-14H,3,9-11H2,1-2H3,(H,21,24)/t13-,14-/m1/s1. The van der Waals surface area contributed by atoms with Crippen LogP contribution in [0.4, 0.5) is 5.82 Å². The van der Waals surface area contributed by atoms with Gasteiger partial charge in [0.1, 0.15) is 12.1 Å². The largest absolute Gasteiger partial charge is 0.491 e. The number of ether oxygens (including phenoxy) is 2. The molecule has 1 amide bonds. The number of amides is 1. The molecule has 0 spiro atoms. The normalized spacial score (nSPS) is 19.4. The number of nitrogens with one attached hydrogen (secondary N) is 1. The van der Waals surface area contributed by atoms with Gasteiger partial charge in [-0.2, -0.15) is 0 Å². The minimum Gasteiger partial charge on any atom is -0.491 e. The van der Waals surface area contributed by atoms with Crippen molar-refractivity contribution in [3.05, 3.63) is 42.6 Å². The number of pyridine rings is 1. The number of hydrogen-bond acceptors (Lipinski definition) is 7. The molecular weight excluding hydrogens is 334 g/mol. The summed E-state index contributed by atoms with van der Waals surface area (Å²) >= 11 is 0. The third-order valence-corrected chi connectivity index (χ3v) is 4.35. The van der Waals surface area contributed by atoms with Crippen LogP contribution in [0.15, 0.2) is 36.9 Å². The van der Waals surface area contributed by atoms with Crippen molar-refractivity contribution in [1.29, 1.82) is 0 Å². The minimum atomic E-state index is -0.252. The average molecular weight is 357 g/mol. The van der Waals surface area contributed by atoms with Gasteiger partial charge < -0.3 is 19.7 Å². The van der Waals surface area contributed by atoms with Crippen LogP contribution in [0.5, 0.6) is 5.75 Å². The monoisotopic (exact) mass is 357 g/mol. The second-order valence-electron chi connectivity index (χ2n) is 5.96. The van der Waals surface area contributed by atoms with Crippen molar-refractivity contribution in [2.45, 2.75) is 25.5 Å². The first-order valence-electron chi connectivity index (χ1n) is 8.64. The zero-order valence-corrected chi connectivity index (χ0v) is 15.0. The molecule has 1 fully saturated rings. The maximum Gasteiger partial charge on any atom is 0.273 e. The molecule has 1 N–H and O–H groups in total. The fourth-order valence-electron chi connectivity index (χ4n) is 3.10. The molecule has 1 aliphatic heterocycles. The summed E-state index contributed by atoms with van der Waals surface area (Å²) in [7, 11) is 1.70. The van der Waals surface area contributed by atoms with Gasteiger partial charge in [-0.15, -0.1) is 0 Å². The van der Waals surface area contributed by atoms with Crippen molar-refractivity contribution in [3.8, 4) is 5.75 Å². The van der Waals surface area contributed by atoms with Crippen LogP contribution in [0.1, 0.15) is 23.8 Å². The van der Waals surface area contributed by atoms with E-state index >= 15 is 0 Å². The molecule has 0 aliphatic carbocycles. The Labute approximate surface area is 152 Å². The van der Waals surface area contributed by atoms with Gasteiger partial charge in [-0.05, 0) is 31.5 Å². The van der Waals surface area contributed by atoms with E-state index in [-0.39, 0.29) is 18.1 Å². The van der Waals surface area contributed by atoms with E-state index in [1.807, 2.05) is 13.0 Å². The molecule has 2 atom stereocenters. The molecule has 0 bridgehead atoms. The second-order valence-corrected chi connectivity index (χ2v) is 5.96. The lowest BCUT2D eigenvalue weighted by atomic mass is 10.2.